The fraction of sp³-hybridized carbons (Fsp3) is 0. The SMILES string of the molecule is N#Cc1cccc(-c2cncc(C#N)c2Nc2cccc3[nH]ccc23)c1. The van der Waals surface area contributed by atoms with Gasteiger partial charge in [0.1, 0.15) is 6.07 Å². The fourth-order valence-corrected chi connectivity index (χ4v) is 2.98. The van der Waals surface area contributed by atoms with E-state index in [2.05, 4.69) is 27.4 Å². The molecule has 2 aromatic carbocycles. The van der Waals surface area contributed by atoms with Gasteiger partial charge in [0.2, 0.25) is 0 Å². The summed E-state index contributed by atoms with van der Waals surface area (Å²) in [5.41, 5.74) is 5.18. The van der Waals surface area contributed by atoms with E-state index >= 15 is 0 Å². The van der Waals surface area contributed by atoms with Gasteiger partial charge >= 0.3 is 0 Å². The van der Waals surface area contributed by atoms with Gasteiger partial charge in [-0.3, -0.25) is 4.98 Å². The molecule has 4 aromatic rings. The van der Waals surface area contributed by atoms with E-state index in [0.29, 0.717) is 16.8 Å². The Bertz CT molecular complexity index is 1190. The van der Waals surface area contributed by atoms with Crippen molar-refractivity contribution in [3.63, 3.8) is 0 Å². The Labute approximate surface area is 150 Å². The predicted octanol–water partition coefficient (Wildman–Crippen LogP) is 4.72. The lowest BCUT2D eigenvalue weighted by Gasteiger charge is -2.14. The van der Waals surface area contributed by atoms with Gasteiger partial charge in [0, 0.05) is 40.7 Å². The molecule has 0 aliphatic rings. The van der Waals surface area contributed by atoms with Gasteiger partial charge in [-0.2, -0.15) is 10.5 Å². The first kappa shape index (κ1) is 15.4. The van der Waals surface area contributed by atoms with Crippen LogP contribution < -0.4 is 5.32 Å². The maximum absolute atomic E-state index is 9.55. The summed E-state index contributed by atoms with van der Waals surface area (Å²) in [7, 11) is 0. The van der Waals surface area contributed by atoms with Crippen molar-refractivity contribution in [1.29, 1.82) is 10.5 Å². The highest BCUT2D eigenvalue weighted by Crippen LogP contribution is 2.34. The topological polar surface area (TPSA) is 88.3 Å². The summed E-state index contributed by atoms with van der Waals surface area (Å²) in [6.45, 7) is 0. The van der Waals surface area contributed by atoms with Crippen molar-refractivity contribution in [1.82, 2.24) is 9.97 Å². The first-order valence-electron chi connectivity index (χ1n) is 8.02. The van der Waals surface area contributed by atoms with Crippen molar-refractivity contribution in [3.05, 3.63) is 78.2 Å². The summed E-state index contributed by atoms with van der Waals surface area (Å²) in [6, 6.07) is 19.5. The maximum Gasteiger partial charge on any atom is 0.103 e. The summed E-state index contributed by atoms with van der Waals surface area (Å²) in [6.07, 6.45) is 5.12. The molecule has 2 N–H and O–H groups in total. The number of benzene rings is 2. The standard InChI is InChI=1S/C21H13N5/c22-10-14-3-1-4-15(9-14)18-13-24-12-16(11-23)21(18)26-20-6-2-5-19-17(20)7-8-25-19/h1-9,12-13,25H,(H,24,26). The molecule has 26 heavy (non-hydrogen) atoms. The zero-order chi connectivity index (χ0) is 17.9. The number of nitrogens with one attached hydrogen (secondary N) is 2. The van der Waals surface area contributed by atoms with Gasteiger partial charge in [0.15, 0.2) is 0 Å². The molecule has 122 valence electrons. The van der Waals surface area contributed by atoms with Gasteiger partial charge in [0.25, 0.3) is 0 Å². The van der Waals surface area contributed by atoms with Crippen LogP contribution in [0.4, 0.5) is 11.4 Å². The lowest BCUT2D eigenvalue weighted by Crippen LogP contribution is -1.98. The quantitative estimate of drug-likeness (QED) is 0.567. The molecule has 2 heterocycles. The molecule has 0 radical (unpaired) electrons. The number of rotatable bonds is 3. The van der Waals surface area contributed by atoms with Gasteiger partial charge in [0.05, 0.1) is 22.9 Å². The molecule has 2 aromatic heterocycles. The number of aromatic nitrogens is 2. The third-order valence-corrected chi connectivity index (χ3v) is 4.22. The van der Waals surface area contributed by atoms with Crippen molar-refractivity contribution in [3.8, 4) is 23.3 Å². The van der Waals surface area contributed by atoms with E-state index < -0.39 is 0 Å². The normalized spacial score (nSPS) is 10.2. The molecule has 0 spiro atoms. The molecule has 0 saturated heterocycles. The largest absolute Gasteiger partial charge is 0.361 e. The molecule has 5 nitrogen and oxygen atoms in total. The van der Waals surface area contributed by atoms with Crippen molar-refractivity contribution in [2.75, 3.05) is 5.32 Å². The molecule has 0 aliphatic carbocycles. The second-order valence-corrected chi connectivity index (χ2v) is 5.78. The monoisotopic (exact) mass is 335 g/mol. The van der Waals surface area contributed by atoms with E-state index in [1.807, 2.05) is 42.6 Å². The third kappa shape index (κ3) is 2.64. The van der Waals surface area contributed by atoms with Crippen LogP contribution in [0.25, 0.3) is 22.0 Å². The summed E-state index contributed by atoms with van der Waals surface area (Å²) in [5, 5.41) is 23.1. The van der Waals surface area contributed by atoms with Crippen LogP contribution in [0.1, 0.15) is 11.1 Å². The minimum atomic E-state index is 0.442. The second kappa shape index (κ2) is 6.43. The van der Waals surface area contributed by atoms with E-state index in [1.54, 1.807) is 18.3 Å². The van der Waals surface area contributed by atoms with Gasteiger partial charge < -0.3 is 10.3 Å². The summed E-state index contributed by atoms with van der Waals surface area (Å²) in [4.78, 5) is 7.37. The van der Waals surface area contributed by atoms with Crippen molar-refractivity contribution >= 4 is 22.3 Å². The highest BCUT2D eigenvalue weighted by Gasteiger charge is 2.13. The molecule has 0 amide bonds. The zero-order valence-electron chi connectivity index (χ0n) is 13.7. The minimum absolute atomic E-state index is 0.442. The third-order valence-electron chi connectivity index (χ3n) is 4.22. The average Bonchev–Trinajstić information content (AvgIpc) is 3.18. The fourth-order valence-electron chi connectivity index (χ4n) is 2.98. The highest BCUT2D eigenvalue weighted by molar-refractivity contribution is 5.96. The van der Waals surface area contributed by atoms with Gasteiger partial charge in [-0.05, 0) is 35.9 Å². The maximum atomic E-state index is 9.55. The molecule has 4 rings (SSSR count). The first-order chi connectivity index (χ1) is 12.8. The van der Waals surface area contributed by atoms with Gasteiger partial charge in [-0.25, -0.2) is 0 Å². The van der Waals surface area contributed by atoms with E-state index in [1.165, 1.54) is 6.20 Å². The summed E-state index contributed by atoms with van der Waals surface area (Å²) >= 11 is 0. The van der Waals surface area contributed by atoms with Gasteiger partial charge in [-0.1, -0.05) is 18.2 Å². The van der Waals surface area contributed by atoms with Crippen molar-refractivity contribution < 1.29 is 0 Å². The van der Waals surface area contributed by atoms with Crippen LogP contribution in [0.5, 0.6) is 0 Å². The Morgan fingerprint density at radius 2 is 1.85 bits per heavy atom. The number of anilines is 2. The summed E-state index contributed by atoms with van der Waals surface area (Å²) in [5.74, 6) is 0. The summed E-state index contributed by atoms with van der Waals surface area (Å²) < 4.78 is 0. The van der Waals surface area contributed by atoms with E-state index in [4.69, 9.17) is 0 Å². The van der Waals surface area contributed by atoms with Crippen LogP contribution in [0, 0.1) is 22.7 Å². The van der Waals surface area contributed by atoms with E-state index in [-0.39, 0.29) is 0 Å². The van der Waals surface area contributed by atoms with Crippen molar-refractivity contribution in [2.45, 2.75) is 0 Å². The molecule has 0 fully saturated rings. The Morgan fingerprint density at radius 3 is 2.69 bits per heavy atom. The van der Waals surface area contributed by atoms with Crippen molar-refractivity contribution in [2.24, 2.45) is 0 Å². The Hall–Kier alpha value is -4.09. The molecule has 0 bridgehead atoms. The Morgan fingerprint density at radius 1 is 0.962 bits per heavy atom. The Balaban J connectivity index is 1.89. The number of hydrogen-bond donors (Lipinski definition) is 2. The number of pyridine rings is 1. The zero-order valence-corrected chi connectivity index (χ0v) is 13.7. The smallest absolute Gasteiger partial charge is 0.103 e. The lowest BCUT2D eigenvalue weighted by molar-refractivity contribution is 1.30. The van der Waals surface area contributed by atoms with Crippen LogP contribution >= 0.6 is 0 Å². The van der Waals surface area contributed by atoms with E-state index in [0.717, 1.165) is 27.7 Å². The van der Waals surface area contributed by atoms with Crippen LogP contribution in [0.3, 0.4) is 0 Å². The molecular weight excluding hydrogens is 322 g/mol. The molecule has 0 atom stereocenters. The van der Waals surface area contributed by atoms with Gasteiger partial charge in [-0.15, -0.1) is 0 Å². The average molecular weight is 335 g/mol. The lowest BCUT2D eigenvalue weighted by atomic mass is 10.0. The molecule has 0 saturated carbocycles. The molecule has 0 unspecified atom stereocenters. The molecule has 0 aliphatic heterocycles. The van der Waals surface area contributed by atoms with Crippen LogP contribution in [-0.2, 0) is 0 Å². The Kier molecular flexibility index (Phi) is 3.82. The predicted molar refractivity (Wildman–Crippen MR) is 101 cm³/mol. The molecular formula is C21H13N5. The van der Waals surface area contributed by atoms with E-state index in [9.17, 15) is 10.5 Å². The number of nitriles is 2. The number of fused-ring (bicyclic) bond motifs is 1. The first-order valence-corrected chi connectivity index (χ1v) is 8.02. The number of H-pyrrole nitrogens is 1. The van der Waals surface area contributed by atoms with Crippen LogP contribution in [0.15, 0.2) is 67.1 Å². The number of hydrogen-bond acceptors (Lipinski definition) is 4. The second-order valence-electron chi connectivity index (χ2n) is 5.78. The minimum Gasteiger partial charge on any atom is -0.361 e. The van der Waals surface area contributed by atoms with Crippen LogP contribution in [0.2, 0.25) is 0 Å². The number of aromatic amines is 1. The number of nitrogens with zero attached hydrogens (tertiary/aromatic N) is 3. The molecule has 5 heteroatoms. The highest BCUT2D eigenvalue weighted by atomic mass is 14.9. The van der Waals surface area contributed by atoms with Crippen LogP contribution in [-0.4, -0.2) is 9.97 Å².